The molecule has 0 amide bonds. The zero-order valence-electron chi connectivity index (χ0n) is 23.7. The number of para-hydroxylation sites is 2. The Morgan fingerprint density at radius 2 is 0.818 bits per heavy atom. The molecule has 0 aliphatic heterocycles. The van der Waals surface area contributed by atoms with Gasteiger partial charge in [-0.15, -0.1) is 0 Å². The lowest BCUT2D eigenvalue weighted by Crippen LogP contribution is -1.91. The van der Waals surface area contributed by atoms with Gasteiger partial charge in [-0.2, -0.15) is 0 Å². The van der Waals surface area contributed by atoms with Gasteiger partial charge in [-0.1, -0.05) is 121 Å². The van der Waals surface area contributed by atoms with Gasteiger partial charge in [-0.25, -0.2) is 0 Å². The molecule has 44 heavy (non-hydrogen) atoms. The number of rotatable bonds is 2. The molecule has 0 atom stereocenters. The highest BCUT2D eigenvalue weighted by Crippen LogP contribution is 2.49. The smallest absolute Gasteiger partial charge is 0.143 e. The fraction of sp³-hybridized carbons (Fsp3) is 0. The number of fused-ring (bicyclic) bond motifs is 11. The normalized spacial score (nSPS) is 12.1. The largest absolute Gasteiger partial charge is 0.455 e. The predicted molar refractivity (Wildman–Crippen MR) is 184 cm³/mol. The first-order valence-electron chi connectivity index (χ1n) is 15.0. The van der Waals surface area contributed by atoms with E-state index in [1.807, 2.05) is 12.1 Å². The first-order valence-corrected chi connectivity index (χ1v) is 15.0. The Bertz CT molecular complexity index is 2700. The SMILES string of the molecule is c1ccc(-c2c3ccccc3c(-c3cc4c(ccc5c6ccccc6oc54)c4c3oc3ccccc34)c3ccccc23)cc1. The topological polar surface area (TPSA) is 26.3 Å². The van der Waals surface area contributed by atoms with Crippen molar-refractivity contribution in [3.8, 4) is 22.3 Å². The number of furan rings is 2. The minimum absolute atomic E-state index is 0.885. The Kier molecular flexibility index (Phi) is 4.75. The Hall–Kier alpha value is -5.86. The monoisotopic (exact) mass is 560 g/mol. The van der Waals surface area contributed by atoms with Crippen LogP contribution < -0.4 is 0 Å². The minimum Gasteiger partial charge on any atom is -0.455 e. The fourth-order valence-corrected chi connectivity index (χ4v) is 7.40. The standard InChI is InChI=1S/C42H24O2/c1-2-12-25(13-3-1)38-27-15-4-6-17-29(27)39(30-18-7-5-16-28(30)38)35-24-34-31(40-33-19-9-11-21-37(33)44-42(35)40)22-23-32-26-14-8-10-20-36(26)43-41(32)34/h1-24H. The second kappa shape index (κ2) is 8.82. The molecular weight excluding hydrogens is 536 g/mol. The van der Waals surface area contributed by atoms with Gasteiger partial charge in [0.1, 0.15) is 22.3 Å². The van der Waals surface area contributed by atoms with Gasteiger partial charge in [-0.3, -0.25) is 0 Å². The van der Waals surface area contributed by atoms with Crippen molar-refractivity contribution in [2.75, 3.05) is 0 Å². The molecule has 2 heteroatoms. The zero-order chi connectivity index (χ0) is 28.8. The third kappa shape index (κ3) is 3.14. The molecule has 0 saturated heterocycles. The van der Waals surface area contributed by atoms with E-state index in [0.29, 0.717) is 0 Å². The van der Waals surface area contributed by atoms with E-state index in [1.54, 1.807) is 0 Å². The van der Waals surface area contributed by atoms with Gasteiger partial charge < -0.3 is 8.83 Å². The van der Waals surface area contributed by atoms with Gasteiger partial charge in [0.25, 0.3) is 0 Å². The van der Waals surface area contributed by atoms with Crippen LogP contribution in [0.1, 0.15) is 0 Å². The predicted octanol–water partition coefficient (Wildman–Crippen LogP) is 12.3. The van der Waals surface area contributed by atoms with Gasteiger partial charge in [0, 0.05) is 38.1 Å². The highest BCUT2D eigenvalue weighted by molar-refractivity contribution is 6.31. The van der Waals surface area contributed by atoms with Gasteiger partial charge in [0.05, 0.1) is 0 Å². The van der Waals surface area contributed by atoms with E-state index in [4.69, 9.17) is 8.83 Å². The van der Waals surface area contributed by atoms with Gasteiger partial charge in [0.15, 0.2) is 0 Å². The molecule has 0 bridgehead atoms. The highest BCUT2D eigenvalue weighted by atomic mass is 16.3. The highest BCUT2D eigenvalue weighted by Gasteiger charge is 2.23. The summed E-state index contributed by atoms with van der Waals surface area (Å²) in [6.07, 6.45) is 0. The summed E-state index contributed by atoms with van der Waals surface area (Å²) in [5.41, 5.74) is 8.30. The maximum absolute atomic E-state index is 6.80. The Morgan fingerprint density at radius 3 is 1.50 bits per heavy atom. The van der Waals surface area contributed by atoms with Crippen LogP contribution in [0, 0.1) is 0 Å². The molecule has 0 aliphatic rings. The van der Waals surface area contributed by atoms with Crippen molar-refractivity contribution in [1.82, 2.24) is 0 Å². The molecule has 0 fully saturated rings. The summed E-state index contributed by atoms with van der Waals surface area (Å²) in [7, 11) is 0. The molecule has 10 aromatic rings. The second-order valence-electron chi connectivity index (χ2n) is 11.6. The lowest BCUT2D eigenvalue weighted by molar-refractivity contribution is 0.670. The molecule has 204 valence electrons. The van der Waals surface area contributed by atoms with E-state index < -0.39 is 0 Å². The zero-order valence-corrected chi connectivity index (χ0v) is 23.7. The molecule has 0 saturated carbocycles. The maximum Gasteiger partial charge on any atom is 0.143 e. The average molecular weight is 561 g/mol. The summed E-state index contributed by atoms with van der Waals surface area (Å²) in [6, 6.07) is 51.7. The lowest BCUT2D eigenvalue weighted by atomic mass is 9.85. The molecule has 0 aliphatic carbocycles. The number of hydrogen-bond acceptors (Lipinski definition) is 2. The van der Waals surface area contributed by atoms with Crippen molar-refractivity contribution in [2.24, 2.45) is 0 Å². The maximum atomic E-state index is 6.80. The molecular formula is C42H24O2. The molecule has 0 spiro atoms. The van der Waals surface area contributed by atoms with Crippen molar-refractivity contribution in [1.29, 1.82) is 0 Å². The molecule has 2 nitrogen and oxygen atoms in total. The lowest BCUT2D eigenvalue weighted by Gasteiger charge is -2.18. The second-order valence-corrected chi connectivity index (χ2v) is 11.6. The average Bonchev–Trinajstić information content (AvgIpc) is 3.67. The van der Waals surface area contributed by atoms with Crippen LogP contribution in [0.25, 0.3) is 98.4 Å². The third-order valence-electron chi connectivity index (χ3n) is 9.25. The van der Waals surface area contributed by atoms with Crippen LogP contribution >= 0.6 is 0 Å². The van der Waals surface area contributed by atoms with E-state index in [-0.39, 0.29) is 0 Å². The van der Waals surface area contributed by atoms with Gasteiger partial charge in [-0.05, 0) is 62.3 Å². The minimum atomic E-state index is 0.885. The summed E-state index contributed by atoms with van der Waals surface area (Å²) >= 11 is 0. The summed E-state index contributed by atoms with van der Waals surface area (Å²) < 4.78 is 13.4. The Balaban J connectivity index is 1.45. The molecule has 2 aromatic heterocycles. The van der Waals surface area contributed by atoms with Crippen LogP contribution in [-0.4, -0.2) is 0 Å². The summed E-state index contributed by atoms with van der Waals surface area (Å²) in [5.74, 6) is 0. The molecule has 8 aromatic carbocycles. The van der Waals surface area contributed by atoms with E-state index in [2.05, 4.69) is 133 Å². The van der Waals surface area contributed by atoms with Crippen LogP contribution in [0.15, 0.2) is 154 Å². The van der Waals surface area contributed by atoms with Crippen molar-refractivity contribution >= 4 is 76.2 Å². The number of hydrogen-bond donors (Lipinski definition) is 0. The fourth-order valence-electron chi connectivity index (χ4n) is 7.40. The quantitative estimate of drug-likeness (QED) is 0.197. The van der Waals surface area contributed by atoms with Crippen LogP contribution in [0.3, 0.4) is 0 Å². The first kappa shape index (κ1) is 23.7. The van der Waals surface area contributed by atoms with E-state index >= 15 is 0 Å². The van der Waals surface area contributed by atoms with Crippen LogP contribution in [-0.2, 0) is 0 Å². The first-order chi connectivity index (χ1) is 21.8. The Labute approximate surface area is 252 Å². The van der Waals surface area contributed by atoms with E-state index in [1.165, 1.54) is 38.2 Å². The van der Waals surface area contributed by atoms with Gasteiger partial charge >= 0.3 is 0 Å². The van der Waals surface area contributed by atoms with Crippen LogP contribution in [0.2, 0.25) is 0 Å². The number of benzene rings is 8. The van der Waals surface area contributed by atoms with E-state index in [0.717, 1.165) is 60.2 Å². The van der Waals surface area contributed by atoms with Crippen LogP contribution in [0.5, 0.6) is 0 Å². The molecule has 0 radical (unpaired) electrons. The van der Waals surface area contributed by atoms with Crippen molar-refractivity contribution in [2.45, 2.75) is 0 Å². The third-order valence-corrected chi connectivity index (χ3v) is 9.25. The molecule has 0 N–H and O–H groups in total. The van der Waals surface area contributed by atoms with Crippen molar-refractivity contribution in [3.63, 3.8) is 0 Å². The van der Waals surface area contributed by atoms with Crippen molar-refractivity contribution < 1.29 is 8.83 Å². The Morgan fingerprint density at radius 1 is 0.318 bits per heavy atom. The summed E-state index contributed by atoms with van der Waals surface area (Å²) in [4.78, 5) is 0. The van der Waals surface area contributed by atoms with Crippen LogP contribution in [0.4, 0.5) is 0 Å². The van der Waals surface area contributed by atoms with E-state index in [9.17, 15) is 0 Å². The summed E-state index contributed by atoms with van der Waals surface area (Å²) in [5, 5.41) is 11.5. The van der Waals surface area contributed by atoms with Crippen molar-refractivity contribution in [3.05, 3.63) is 146 Å². The molecule has 0 unspecified atom stereocenters. The summed E-state index contributed by atoms with van der Waals surface area (Å²) in [6.45, 7) is 0. The molecule has 2 heterocycles. The van der Waals surface area contributed by atoms with Gasteiger partial charge in [0.2, 0.25) is 0 Å². The molecule has 10 rings (SSSR count).